The molecule has 1 aliphatic heterocycles. The molecular formula is C13H27N3O2. The molecule has 0 radical (unpaired) electrons. The van der Waals surface area contributed by atoms with Crippen molar-refractivity contribution in [3.63, 3.8) is 0 Å². The first-order valence-electron chi connectivity index (χ1n) is 7.09. The average molecular weight is 257 g/mol. The molecule has 106 valence electrons. The van der Waals surface area contributed by atoms with Crippen molar-refractivity contribution in [3.05, 3.63) is 0 Å². The minimum Gasteiger partial charge on any atom is -0.395 e. The van der Waals surface area contributed by atoms with Crippen LogP contribution in [0, 0.1) is 0 Å². The molecule has 0 aromatic rings. The number of unbranched alkanes of at least 4 members (excludes halogenated alkanes) is 1. The van der Waals surface area contributed by atoms with Gasteiger partial charge in [-0.1, -0.05) is 13.3 Å². The Balaban J connectivity index is 2.38. The topological polar surface area (TPSA) is 55.8 Å². The summed E-state index contributed by atoms with van der Waals surface area (Å²) in [6, 6.07) is 0. The zero-order valence-corrected chi connectivity index (χ0v) is 11.5. The fourth-order valence-electron chi connectivity index (χ4n) is 2.18. The van der Waals surface area contributed by atoms with Crippen molar-refractivity contribution < 1.29 is 9.90 Å². The fourth-order valence-corrected chi connectivity index (χ4v) is 2.18. The van der Waals surface area contributed by atoms with E-state index in [0.29, 0.717) is 13.1 Å². The van der Waals surface area contributed by atoms with Gasteiger partial charge in [-0.2, -0.15) is 0 Å². The molecule has 18 heavy (non-hydrogen) atoms. The van der Waals surface area contributed by atoms with Crippen molar-refractivity contribution in [2.75, 3.05) is 52.4 Å². The number of carbonyl (C=O) groups excluding carboxylic acids is 1. The molecule has 0 atom stereocenters. The van der Waals surface area contributed by atoms with Crippen LogP contribution in [0.3, 0.4) is 0 Å². The Morgan fingerprint density at radius 2 is 2.17 bits per heavy atom. The molecule has 5 nitrogen and oxygen atoms in total. The molecule has 2 N–H and O–H groups in total. The van der Waals surface area contributed by atoms with E-state index >= 15 is 0 Å². The van der Waals surface area contributed by atoms with E-state index < -0.39 is 0 Å². The van der Waals surface area contributed by atoms with Crippen molar-refractivity contribution in [2.45, 2.75) is 26.2 Å². The molecule has 1 amide bonds. The Labute approximate surface area is 110 Å². The molecular weight excluding hydrogens is 230 g/mol. The van der Waals surface area contributed by atoms with Crippen LogP contribution >= 0.6 is 0 Å². The average Bonchev–Trinajstić information content (AvgIpc) is 2.63. The maximum atomic E-state index is 12.2. The van der Waals surface area contributed by atoms with Gasteiger partial charge in [-0.15, -0.1) is 0 Å². The van der Waals surface area contributed by atoms with Crippen LogP contribution in [0.15, 0.2) is 0 Å². The smallest absolute Gasteiger partial charge is 0.236 e. The van der Waals surface area contributed by atoms with Crippen LogP contribution in [0.2, 0.25) is 0 Å². The predicted octanol–water partition coefficient (Wildman–Crippen LogP) is -0.0973. The number of hydrogen-bond donors (Lipinski definition) is 2. The van der Waals surface area contributed by atoms with Crippen LogP contribution in [-0.2, 0) is 4.79 Å². The summed E-state index contributed by atoms with van der Waals surface area (Å²) in [6.45, 7) is 7.81. The molecule has 0 aliphatic carbocycles. The Morgan fingerprint density at radius 1 is 1.33 bits per heavy atom. The van der Waals surface area contributed by atoms with Crippen molar-refractivity contribution in [2.24, 2.45) is 0 Å². The molecule has 0 spiro atoms. The van der Waals surface area contributed by atoms with E-state index in [4.69, 9.17) is 5.11 Å². The molecule has 0 aromatic heterocycles. The SMILES string of the molecule is CCCCN(CCO)C(=O)CN1CCCNCC1. The number of aliphatic hydroxyl groups is 1. The summed E-state index contributed by atoms with van der Waals surface area (Å²) in [4.78, 5) is 16.2. The normalized spacial score (nSPS) is 17.4. The molecule has 5 heteroatoms. The van der Waals surface area contributed by atoms with Crippen molar-refractivity contribution in [1.29, 1.82) is 0 Å². The van der Waals surface area contributed by atoms with Gasteiger partial charge >= 0.3 is 0 Å². The van der Waals surface area contributed by atoms with E-state index in [0.717, 1.165) is 52.0 Å². The van der Waals surface area contributed by atoms with E-state index in [2.05, 4.69) is 17.1 Å². The molecule has 1 aliphatic rings. The van der Waals surface area contributed by atoms with Gasteiger partial charge in [-0.25, -0.2) is 0 Å². The van der Waals surface area contributed by atoms with Gasteiger partial charge in [0.15, 0.2) is 0 Å². The summed E-state index contributed by atoms with van der Waals surface area (Å²) in [5, 5.41) is 12.4. The predicted molar refractivity (Wildman–Crippen MR) is 72.5 cm³/mol. The van der Waals surface area contributed by atoms with Crippen LogP contribution in [0.5, 0.6) is 0 Å². The number of rotatable bonds is 7. The van der Waals surface area contributed by atoms with Gasteiger partial charge in [-0.3, -0.25) is 9.69 Å². The Kier molecular flexibility index (Phi) is 7.96. The summed E-state index contributed by atoms with van der Waals surface area (Å²) in [7, 11) is 0. The number of hydrogen-bond acceptors (Lipinski definition) is 4. The Morgan fingerprint density at radius 3 is 2.89 bits per heavy atom. The monoisotopic (exact) mass is 257 g/mol. The molecule has 1 saturated heterocycles. The number of carbonyl (C=O) groups is 1. The minimum atomic E-state index is 0.0526. The fraction of sp³-hybridized carbons (Fsp3) is 0.923. The maximum absolute atomic E-state index is 12.2. The molecule has 1 fully saturated rings. The zero-order chi connectivity index (χ0) is 13.2. The largest absolute Gasteiger partial charge is 0.395 e. The van der Waals surface area contributed by atoms with Gasteiger partial charge in [-0.05, 0) is 25.9 Å². The molecule has 1 rings (SSSR count). The highest BCUT2D eigenvalue weighted by atomic mass is 16.3. The maximum Gasteiger partial charge on any atom is 0.236 e. The van der Waals surface area contributed by atoms with Gasteiger partial charge in [0, 0.05) is 26.2 Å². The first-order valence-corrected chi connectivity index (χ1v) is 7.09. The van der Waals surface area contributed by atoms with Crippen molar-refractivity contribution >= 4 is 5.91 Å². The van der Waals surface area contributed by atoms with Crippen LogP contribution in [0.4, 0.5) is 0 Å². The van der Waals surface area contributed by atoms with E-state index in [1.54, 1.807) is 4.90 Å². The second kappa shape index (κ2) is 9.30. The van der Waals surface area contributed by atoms with Crippen LogP contribution in [-0.4, -0.2) is 73.2 Å². The van der Waals surface area contributed by atoms with E-state index in [9.17, 15) is 4.79 Å². The molecule has 0 unspecified atom stereocenters. The number of aliphatic hydroxyl groups excluding tert-OH is 1. The third-order valence-electron chi connectivity index (χ3n) is 3.30. The summed E-state index contributed by atoms with van der Waals surface area (Å²) in [6.07, 6.45) is 3.18. The minimum absolute atomic E-state index is 0.0526. The number of nitrogens with one attached hydrogen (secondary N) is 1. The first-order chi connectivity index (χ1) is 8.77. The Hall–Kier alpha value is -0.650. The van der Waals surface area contributed by atoms with E-state index in [1.165, 1.54) is 0 Å². The second-order valence-corrected chi connectivity index (χ2v) is 4.84. The van der Waals surface area contributed by atoms with Gasteiger partial charge in [0.05, 0.1) is 13.2 Å². The van der Waals surface area contributed by atoms with E-state index in [1.807, 2.05) is 0 Å². The quantitative estimate of drug-likeness (QED) is 0.669. The van der Waals surface area contributed by atoms with Gasteiger partial charge in [0.1, 0.15) is 0 Å². The highest BCUT2D eigenvalue weighted by Crippen LogP contribution is 2.00. The highest BCUT2D eigenvalue weighted by Gasteiger charge is 2.17. The molecule has 1 heterocycles. The third-order valence-corrected chi connectivity index (χ3v) is 3.30. The van der Waals surface area contributed by atoms with Crippen LogP contribution in [0.1, 0.15) is 26.2 Å². The Bertz CT molecular complexity index is 228. The summed E-state index contributed by atoms with van der Waals surface area (Å²) in [5.74, 6) is 0.152. The van der Waals surface area contributed by atoms with Gasteiger partial charge in [0.2, 0.25) is 5.91 Å². The molecule has 0 aromatic carbocycles. The standard InChI is InChI=1S/C13H27N3O2/c1-2-3-8-16(10-11-17)13(18)12-15-7-4-5-14-6-9-15/h14,17H,2-12H2,1H3. The van der Waals surface area contributed by atoms with Gasteiger partial charge in [0.25, 0.3) is 0 Å². The number of nitrogens with zero attached hydrogens (tertiary/aromatic N) is 2. The van der Waals surface area contributed by atoms with Crippen LogP contribution < -0.4 is 5.32 Å². The first kappa shape index (κ1) is 15.4. The van der Waals surface area contributed by atoms with Gasteiger partial charge < -0.3 is 15.3 Å². The lowest BCUT2D eigenvalue weighted by Gasteiger charge is -2.26. The summed E-state index contributed by atoms with van der Waals surface area (Å²) >= 11 is 0. The lowest BCUT2D eigenvalue weighted by molar-refractivity contribution is -0.133. The second-order valence-electron chi connectivity index (χ2n) is 4.84. The lowest BCUT2D eigenvalue weighted by Crippen LogP contribution is -2.43. The van der Waals surface area contributed by atoms with Crippen LogP contribution in [0.25, 0.3) is 0 Å². The zero-order valence-electron chi connectivity index (χ0n) is 11.5. The van der Waals surface area contributed by atoms with E-state index in [-0.39, 0.29) is 12.5 Å². The molecule has 0 bridgehead atoms. The highest BCUT2D eigenvalue weighted by molar-refractivity contribution is 5.78. The van der Waals surface area contributed by atoms with Crippen molar-refractivity contribution in [3.8, 4) is 0 Å². The number of amides is 1. The lowest BCUT2D eigenvalue weighted by atomic mass is 10.3. The van der Waals surface area contributed by atoms with Crippen molar-refractivity contribution in [1.82, 2.24) is 15.1 Å². The third kappa shape index (κ3) is 5.80. The summed E-state index contributed by atoms with van der Waals surface area (Å²) in [5.41, 5.74) is 0. The summed E-state index contributed by atoms with van der Waals surface area (Å²) < 4.78 is 0. The molecule has 0 saturated carbocycles.